The van der Waals surface area contributed by atoms with Crippen LogP contribution in [-0.4, -0.2) is 34.8 Å². The third kappa shape index (κ3) is 5.22. The van der Waals surface area contributed by atoms with E-state index in [1.54, 1.807) is 29.2 Å². The molecule has 0 saturated carbocycles. The lowest BCUT2D eigenvalue weighted by molar-refractivity contribution is -0.115. The van der Waals surface area contributed by atoms with Crippen molar-refractivity contribution in [2.75, 3.05) is 18.4 Å². The minimum atomic E-state index is -0.163. The minimum absolute atomic E-state index is 0.0116. The van der Waals surface area contributed by atoms with Gasteiger partial charge in [0.05, 0.1) is 17.1 Å². The van der Waals surface area contributed by atoms with Gasteiger partial charge < -0.3 is 10.2 Å². The van der Waals surface area contributed by atoms with Crippen LogP contribution in [0, 0.1) is 0 Å². The highest BCUT2D eigenvalue weighted by molar-refractivity contribution is 7.13. The number of hydrogen-bond acceptors (Lipinski definition) is 4. The molecule has 3 rings (SSSR count). The first-order chi connectivity index (χ1) is 14.0. The highest BCUT2D eigenvalue weighted by Crippen LogP contribution is 2.30. The van der Waals surface area contributed by atoms with E-state index in [1.165, 1.54) is 11.3 Å². The Morgan fingerprint density at radius 3 is 2.41 bits per heavy atom. The predicted molar refractivity (Wildman–Crippen MR) is 119 cm³/mol. The molecule has 0 spiro atoms. The van der Waals surface area contributed by atoms with Crippen molar-refractivity contribution in [3.8, 4) is 10.6 Å². The fourth-order valence-corrected chi connectivity index (χ4v) is 4.05. The Bertz CT molecular complexity index is 997. The Labute approximate surface area is 179 Å². The minimum Gasteiger partial charge on any atom is -0.339 e. The summed E-state index contributed by atoms with van der Waals surface area (Å²) < 4.78 is 0. The SMILES string of the molecule is CCN(CC)C(=O)c1ccc(NC(=O)Cc2csc(-c3ccccc3Cl)n2)cc1. The number of hydrogen-bond donors (Lipinski definition) is 1. The lowest BCUT2D eigenvalue weighted by Gasteiger charge is -2.18. The second kappa shape index (κ2) is 9.67. The van der Waals surface area contributed by atoms with Gasteiger partial charge in [-0.1, -0.05) is 29.8 Å². The van der Waals surface area contributed by atoms with Gasteiger partial charge >= 0.3 is 0 Å². The molecule has 2 amide bonds. The molecule has 2 aromatic carbocycles. The summed E-state index contributed by atoms with van der Waals surface area (Å²) in [4.78, 5) is 31.0. The van der Waals surface area contributed by atoms with Gasteiger partial charge in [0.25, 0.3) is 5.91 Å². The third-order valence-electron chi connectivity index (χ3n) is 4.46. The van der Waals surface area contributed by atoms with E-state index in [4.69, 9.17) is 11.6 Å². The van der Waals surface area contributed by atoms with E-state index in [9.17, 15) is 9.59 Å². The van der Waals surface area contributed by atoms with Gasteiger partial charge in [-0.15, -0.1) is 11.3 Å². The van der Waals surface area contributed by atoms with Crippen LogP contribution in [0.5, 0.6) is 0 Å². The van der Waals surface area contributed by atoms with Gasteiger partial charge in [-0.3, -0.25) is 9.59 Å². The first-order valence-corrected chi connectivity index (χ1v) is 10.7. The quantitative estimate of drug-likeness (QED) is 0.568. The van der Waals surface area contributed by atoms with Gasteiger partial charge in [-0.2, -0.15) is 0 Å². The van der Waals surface area contributed by atoms with Crippen molar-refractivity contribution in [3.63, 3.8) is 0 Å². The number of nitrogens with zero attached hydrogens (tertiary/aromatic N) is 2. The molecule has 0 atom stereocenters. The summed E-state index contributed by atoms with van der Waals surface area (Å²) in [5.41, 5.74) is 2.80. The zero-order valence-electron chi connectivity index (χ0n) is 16.3. The maximum absolute atomic E-state index is 12.4. The average molecular weight is 428 g/mol. The largest absolute Gasteiger partial charge is 0.339 e. The summed E-state index contributed by atoms with van der Waals surface area (Å²) in [5, 5.41) is 6.14. The van der Waals surface area contributed by atoms with Crippen molar-refractivity contribution in [2.45, 2.75) is 20.3 Å². The van der Waals surface area contributed by atoms with Crippen molar-refractivity contribution >= 4 is 40.4 Å². The van der Waals surface area contributed by atoms with Crippen LogP contribution in [0.25, 0.3) is 10.6 Å². The number of aromatic nitrogens is 1. The fourth-order valence-electron chi connectivity index (χ4n) is 2.91. The average Bonchev–Trinajstić information content (AvgIpc) is 3.17. The van der Waals surface area contributed by atoms with E-state index < -0.39 is 0 Å². The van der Waals surface area contributed by atoms with Crippen molar-refractivity contribution in [3.05, 3.63) is 70.2 Å². The zero-order valence-corrected chi connectivity index (χ0v) is 17.9. The van der Waals surface area contributed by atoms with Crippen LogP contribution >= 0.6 is 22.9 Å². The number of thiazole rings is 1. The first-order valence-electron chi connectivity index (χ1n) is 9.40. The van der Waals surface area contributed by atoms with Crippen LogP contribution in [0.3, 0.4) is 0 Å². The molecule has 0 aliphatic heterocycles. The smallest absolute Gasteiger partial charge is 0.253 e. The zero-order chi connectivity index (χ0) is 20.8. The van der Waals surface area contributed by atoms with Crippen LogP contribution in [-0.2, 0) is 11.2 Å². The molecular formula is C22H22ClN3O2S. The van der Waals surface area contributed by atoms with Gasteiger partial charge in [0.2, 0.25) is 5.91 Å². The number of carbonyl (C=O) groups excluding carboxylic acids is 2. The molecule has 1 aromatic heterocycles. The predicted octanol–water partition coefficient (Wildman–Crippen LogP) is 5.13. The Kier molecular flexibility index (Phi) is 7.01. The molecule has 5 nitrogen and oxygen atoms in total. The second-order valence-corrected chi connectivity index (χ2v) is 7.67. The van der Waals surface area contributed by atoms with Gasteiger partial charge in [-0.05, 0) is 44.2 Å². The van der Waals surface area contributed by atoms with E-state index in [2.05, 4.69) is 10.3 Å². The lowest BCUT2D eigenvalue weighted by atomic mass is 10.1. The summed E-state index contributed by atoms with van der Waals surface area (Å²) in [6.45, 7) is 5.23. The number of rotatable bonds is 7. The molecule has 29 heavy (non-hydrogen) atoms. The van der Waals surface area contributed by atoms with Gasteiger partial charge in [0.15, 0.2) is 0 Å². The molecule has 0 fully saturated rings. The first kappa shape index (κ1) is 21.0. The number of nitrogens with one attached hydrogen (secondary N) is 1. The summed E-state index contributed by atoms with van der Waals surface area (Å²) in [6.07, 6.45) is 0.168. The number of benzene rings is 2. The highest BCUT2D eigenvalue weighted by atomic mass is 35.5. The van der Waals surface area contributed by atoms with Crippen molar-refractivity contribution in [2.24, 2.45) is 0 Å². The number of carbonyl (C=O) groups is 2. The van der Waals surface area contributed by atoms with Crippen molar-refractivity contribution < 1.29 is 9.59 Å². The molecule has 0 aliphatic carbocycles. The van der Waals surface area contributed by atoms with Gasteiger partial charge in [0.1, 0.15) is 5.01 Å². The van der Waals surface area contributed by atoms with Crippen LogP contribution < -0.4 is 5.32 Å². The van der Waals surface area contributed by atoms with Crippen molar-refractivity contribution in [1.82, 2.24) is 9.88 Å². The number of halogens is 1. The van der Waals surface area contributed by atoms with Gasteiger partial charge in [-0.25, -0.2) is 4.98 Å². The molecule has 0 saturated heterocycles. The molecule has 7 heteroatoms. The van der Waals surface area contributed by atoms with Crippen LogP contribution in [0.2, 0.25) is 5.02 Å². The molecule has 150 valence electrons. The maximum atomic E-state index is 12.4. The number of amides is 2. The Hall–Kier alpha value is -2.70. The molecule has 1 heterocycles. The molecule has 0 bridgehead atoms. The number of anilines is 1. The molecule has 0 unspecified atom stereocenters. The Balaban J connectivity index is 1.61. The summed E-state index contributed by atoms with van der Waals surface area (Å²) in [5.74, 6) is -0.175. The summed E-state index contributed by atoms with van der Waals surface area (Å²) in [6, 6.07) is 14.4. The van der Waals surface area contributed by atoms with Crippen LogP contribution in [0.15, 0.2) is 53.9 Å². The molecule has 0 radical (unpaired) electrons. The standard InChI is InChI=1S/C22H22ClN3O2S/c1-3-26(4-2)22(28)15-9-11-16(12-10-15)24-20(27)13-17-14-29-21(25-17)18-7-5-6-8-19(18)23/h5-12,14H,3-4,13H2,1-2H3,(H,24,27). The van der Waals surface area contributed by atoms with E-state index >= 15 is 0 Å². The molecule has 0 aliphatic rings. The van der Waals surface area contributed by atoms with Crippen LogP contribution in [0.1, 0.15) is 29.9 Å². The maximum Gasteiger partial charge on any atom is 0.253 e. The fraction of sp³-hybridized carbons (Fsp3) is 0.227. The van der Waals surface area contributed by atoms with E-state index in [0.29, 0.717) is 35.1 Å². The Morgan fingerprint density at radius 1 is 1.07 bits per heavy atom. The van der Waals surface area contributed by atoms with E-state index in [1.807, 2.05) is 43.5 Å². The molecule has 1 N–H and O–H groups in total. The summed E-state index contributed by atoms with van der Waals surface area (Å²) >= 11 is 7.67. The topological polar surface area (TPSA) is 62.3 Å². The normalized spacial score (nSPS) is 10.6. The van der Waals surface area contributed by atoms with Gasteiger partial charge in [0, 0.05) is 35.3 Å². The van der Waals surface area contributed by atoms with E-state index in [-0.39, 0.29) is 18.2 Å². The highest BCUT2D eigenvalue weighted by Gasteiger charge is 2.13. The second-order valence-electron chi connectivity index (χ2n) is 6.40. The summed E-state index contributed by atoms with van der Waals surface area (Å²) in [7, 11) is 0. The lowest BCUT2D eigenvalue weighted by Crippen LogP contribution is -2.30. The van der Waals surface area contributed by atoms with Crippen LogP contribution in [0.4, 0.5) is 5.69 Å². The van der Waals surface area contributed by atoms with E-state index in [0.717, 1.165) is 10.6 Å². The monoisotopic (exact) mass is 427 g/mol. The molecule has 3 aromatic rings. The third-order valence-corrected chi connectivity index (χ3v) is 5.72. The van der Waals surface area contributed by atoms with Crippen molar-refractivity contribution in [1.29, 1.82) is 0 Å². The Morgan fingerprint density at radius 2 is 1.76 bits per heavy atom. The molecular weight excluding hydrogens is 406 g/mol.